The number of rotatable bonds is 3. The molecule has 0 aromatic carbocycles. The molecule has 0 unspecified atom stereocenters. The number of ether oxygens (including phenoxy) is 1. The summed E-state index contributed by atoms with van der Waals surface area (Å²) in [5.74, 6) is 2.15. The second-order valence-electron chi connectivity index (χ2n) is 5.88. The fourth-order valence-electron chi connectivity index (χ4n) is 3.16. The van der Waals surface area contributed by atoms with Gasteiger partial charge in [-0.05, 0) is 6.07 Å². The molecule has 0 saturated carbocycles. The first-order valence-corrected chi connectivity index (χ1v) is 8.04. The number of nitriles is 1. The average molecular weight is 338 g/mol. The molecule has 0 bridgehead atoms. The highest BCUT2D eigenvalue weighted by Crippen LogP contribution is 2.29. The molecule has 3 aromatic rings. The van der Waals surface area contributed by atoms with Crippen LogP contribution in [0, 0.1) is 11.3 Å². The van der Waals surface area contributed by atoms with Crippen LogP contribution in [-0.2, 0) is 7.05 Å². The molecular weight excluding hydrogens is 320 g/mol. The summed E-state index contributed by atoms with van der Waals surface area (Å²) in [5.41, 5.74) is 1.95. The Morgan fingerprint density at radius 2 is 2.08 bits per heavy atom. The van der Waals surface area contributed by atoms with Crippen LogP contribution in [0.3, 0.4) is 0 Å². The van der Waals surface area contributed by atoms with Gasteiger partial charge in [-0.3, -0.25) is 4.57 Å². The van der Waals surface area contributed by atoms with E-state index in [9.17, 15) is 5.26 Å². The zero-order valence-electron chi connectivity index (χ0n) is 14.1. The third kappa shape index (κ3) is 2.47. The van der Waals surface area contributed by atoms with Crippen molar-refractivity contribution >= 4 is 11.5 Å². The fourth-order valence-corrected chi connectivity index (χ4v) is 3.16. The van der Waals surface area contributed by atoms with E-state index >= 15 is 0 Å². The molecule has 25 heavy (non-hydrogen) atoms. The minimum atomic E-state index is 0.475. The molecule has 0 spiro atoms. The third-order valence-corrected chi connectivity index (χ3v) is 4.43. The molecule has 0 radical (unpaired) electrons. The highest BCUT2D eigenvalue weighted by atomic mass is 16.5. The second kappa shape index (κ2) is 6.07. The molecule has 128 valence electrons. The van der Waals surface area contributed by atoms with E-state index in [1.807, 2.05) is 23.9 Å². The molecule has 0 atom stereocenters. The van der Waals surface area contributed by atoms with E-state index in [1.165, 1.54) is 6.20 Å². The van der Waals surface area contributed by atoms with Gasteiger partial charge < -0.3 is 15.0 Å². The van der Waals surface area contributed by atoms with Gasteiger partial charge in [0.05, 0.1) is 13.3 Å². The number of aromatic nitrogens is 5. The van der Waals surface area contributed by atoms with E-state index < -0.39 is 0 Å². The topological polar surface area (TPSA) is 96.3 Å². The quantitative estimate of drug-likeness (QED) is 0.739. The van der Waals surface area contributed by atoms with Crippen LogP contribution >= 0.6 is 0 Å². The summed E-state index contributed by atoms with van der Waals surface area (Å²) in [6, 6.07) is 4.00. The fraction of sp³-hybridized carbons (Fsp3) is 0.375. The number of methoxy groups -OCH3 is 1. The van der Waals surface area contributed by atoms with Crippen LogP contribution in [0.25, 0.3) is 16.9 Å². The Morgan fingerprint density at radius 1 is 1.28 bits per heavy atom. The minimum Gasteiger partial charge on any atom is -0.494 e. The maximum atomic E-state index is 9.23. The Kier molecular flexibility index (Phi) is 3.74. The Morgan fingerprint density at radius 3 is 2.80 bits per heavy atom. The van der Waals surface area contributed by atoms with Gasteiger partial charge in [0.2, 0.25) is 5.95 Å². The summed E-state index contributed by atoms with van der Waals surface area (Å²) in [6.45, 7) is 3.68. The molecule has 1 aliphatic heterocycles. The van der Waals surface area contributed by atoms with Crippen molar-refractivity contribution in [1.82, 2.24) is 29.7 Å². The lowest BCUT2D eigenvalue weighted by Gasteiger charge is -2.27. The first-order valence-electron chi connectivity index (χ1n) is 8.04. The molecule has 3 aromatic heterocycles. The van der Waals surface area contributed by atoms with Gasteiger partial charge in [-0.1, -0.05) is 0 Å². The zero-order valence-corrected chi connectivity index (χ0v) is 14.1. The van der Waals surface area contributed by atoms with Crippen molar-refractivity contribution < 1.29 is 4.74 Å². The Balaban J connectivity index is 1.80. The van der Waals surface area contributed by atoms with Gasteiger partial charge >= 0.3 is 0 Å². The largest absolute Gasteiger partial charge is 0.494 e. The van der Waals surface area contributed by atoms with Crippen LogP contribution in [-0.4, -0.2) is 57.7 Å². The number of piperazine rings is 1. The number of nitrogens with zero attached hydrogens (tertiary/aromatic N) is 7. The summed E-state index contributed by atoms with van der Waals surface area (Å²) in [6.07, 6.45) is 3.37. The molecular formula is C16H18N8O. The van der Waals surface area contributed by atoms with Gasteiger partial charge in [0.25, 0.3) is 0 Å². The average Bonchev–Trinajstić information content (AvgIpc) is 3.24. The molecule has 1 aliphatic rings. The lowest BCUT2D eigenvalue weighted by atomic mass is 10.2. The van der Waals surface area contributed by atoms with E-state index in [0.29, 0.717) is 16.8 Å². The van der Waals surface area contributed by atoms with E-state index in [1.54, 1.807) is 11.6 Å². The molecule has 1 saturated heterocycles. The summed E-state index contributed by atoms with van der Waals surface area (Å²) in [4.78, 5) is 2.21. The molecule has 9 heteroatoms. The SMILES string of the molecule is COc1cc(-c2nnc(N3CCNCC3)n2C)cn2ncc(C#N)c12. The summed E-state index contributed by atoms with van der Waals surface area (Å²) in [7, 11) is 3.53. The zero-order chi connectivity index (χ0) is 17.4. The minimum absolute atomic E-state index is 0.475. The first kappa shape index (κ1) is 15.4. The maximum absolute atomic E-state index is 9.23. The van der Waals surface area contributed by atoms with E-state index in [4.69, 9.17) is 4.74 Å². The smallest absolute Gasteiger partial charge is 0.227 e. The van der Waals surface area contributed by atoms with Gasteiger partial charge in [-0.15, -0.1) is 10.2 Å². The lowest BCUT2D eigenvalue weighted by Crippen LogP contribution is -2.44. The maximum Gasteiger partial charge on any atom is 0.227 e. The van der Waals surface area contributed by atoms with Gasteiger partial charge in [-0.25, -0.2) is 4.52 Å². The monoisotopic (exact) mass is 338 g/mol. The molecule has 9 nitrogen and oxygen atoms in total. The van der Waals surface area contributed by atoms with Crippen LogP contribution in [0.1, 0.15) is 5.56 Å². The van der Waals surface area contributed by atoms with Crippen LogP contribution < -0.4 is 15.0 Å². The highest BCUT2D eigenvalue weighted by Gasteiger charge is 2.20. The number of anilines is 1. The number of pyridine rings is 1. The first-order chi connectivity index (χ1) is 12.2. The Hall–Kier alpha value is -3.12. The standard InChI is InChI=1S/C16H18N8O/c1-22-15(20-21-16(22)23-5-3-18-4-6-23)11-7-13(25-2)14-12(8-17)9-19-24(14)10-11/h7,9-10,18H,3-6H2,1-2H3. The molecule has 0 amide bonds. The van der Waals surface area contributed by atoms with Gasteiger partial charge in [0.15, 0.2) is 5.82 Å². The molecule has 4 rings (SSSR count). The van der Waals surface area contributed by atoms with Crippen LogP contribution in [0.15, 0.2) is 18.5 Å². The van der Waals surface area contributed by atoms with Crippen molar-refractivity contribution in [2.45, 2.75) is 0 Å². The van der Waals surface area contributed by atoms with E-state index in [-0.39, 0.29) is 0 Å². The normalized spacial score (nSPS) is 14.7. The molecule has 0 aliphatic carbocycles. The van der Waals surface area contributed by atoms with Gasteiger partial charge in [0.1, 0.15) is 22.9 Å². The third-order valence-electron chi connectivity index (χ3n) is 4.43. The predicted octanol–water partition coefficient (Wildman–Crippen LogP) is 0.420. The van der Waals surface area contributed by atoms with E-state index in [2.05, 4.69) is 31.6 Å². The summed E-state index contributed by atoms with van der Waals surface area (Å²) < 4.78 is 9.08. The Bertz CT molecular complexity index is 961. The molecule has 4 heterocycles. The van der Waals surface area contributed by atoms with Crippen molar-refractivity contribution in [2.24, 2.45) is 7.05 Å². The molecule has 1 fully saturated rings. The van der Waals surface area contributed by atoms with Crippen LogP contribution in [0.5, 0.6) is 5.75 Å². The summed E-state index contributed by atoms with van der Waals surface area (Å²) >= 11 is 0. The number of hydrogen-bond donors (Lipinski definition) is 1. The predicted molar refractivity (Wildman–Crippen MR) is 91.5 cm³/mol. The number of fused-ring (bicyclic) bond motifs is 1. The van der Waals surface area contributed by atoms with Crippen molar-refractivity contribution in [2.75, 3.05) is 38.2 Å². The van der Waals surface area contributed by atoms with E-state index in [0.717, 1.165) is 43.5 Å². The Labute approximate surface area is 144 Å². The van der Waals surface area contributed by atoms with Crippen molar-refractivity contribution in [3.8, 4) is 23.2 Å². The van der Waals surface area contributed by atoms with Crippen molar-refractivity contribution in [1.29, 1.82) is 5.26 Å². The van der Waals surface area contributed by atoms with Gasteiger partial charge in [0, 0.05) is 45.0 Å². The second-order valence-corrected chi connectivity index (χ2v) is 5.88. The molecule has 1 N–H and O–H groups in total. The number of hydrogen-bond acceptors (Lipinski definition) is 7. The van der Waals surface area contributed by atoms with Crippen LogP contribution in [0.4, 0.5) is 5.95 Å². The van der Waals surface area contributed by atoms with Gasteiger partial charge in [-0.2, -0.15) is 10.4 Å². The lowest BCUT2D eigenvalue weighted by molar-refractivity contribution is 0.417. The van der Waals surface area contributed by atoms with Crippen molar-refractivity contribution in [3.05, 3.63) is 24.0 Å². The highest BCUT2D eigenvalue weighted by molar-refractivity contribution is 5.73. The van der Waals surface area contributed by atoms with Crippen molar-refractivity contribution in [3.63, 3.8) is 0 Å². The van der Waals surface area contributed by atoms with Crippen LogP contribution in [0.2, 0.25) is 0 Å². The summed E-state index contributed by atoms with van der Waals surface area (Å²) in [5, 5.41) is 25.5. The number of nitrogens with one attached hydrogen (secondary N) is 1.